The van der Waals surface area contributed by atoms with Crippen molar-refractivity contribution in [2.45, 2.75) is 38.0 Å². The quantitative estimate of drug-likeness (QED) is 0.835. The lowest BCUT2D eigenvalue weighted by Gasteiger charge is -2.27. The second-order valence-electron chi connectivity index (χ2n) is 4.59. The number of rotatable bonds is 5. The smallest absolute Gasteiger partial charge is 0.225 e. The number of halogens is 1. The van der Waals surface area contributed by atoms with Gasteiger partial charge in [0.15, 0.2) is 0 Å². The molecule has 1 N–H and O–H groups in total. The number of nitrogens with zero attached hydrogens (tertiary/aromatic N) is 2. The fourth-order valence-electron chi connectivity index (χ4n) is 2.27. The van der Waals surface area contributed by atoms with Crippen molar-refractivity contribution in [1.29, 1.82) is 0 Å². The van der Waals surface area contributed by atoms with Crippen LogP contribution in [0.3, 0.4) is 0 Å². The number of hydrogen-bond donors (Lipinski definition) is 1. The predicted octanol–water partition coefficient (Wildman–Crippen LogP) is 3.08. The van der Waals surface area contributed by atoms with Gasteiger partial charge >= 0.3 is 0 Å². The molecule has 0 bridgehead atoms. The molecule has 2 rings (SSSR count). The largest absolute Gasteiger partial charge is 0.478 e. The van der Waals surface area contributed by atoms with Crippen molar-refractivity contribution in [3.63, 3.8) is 0 Å². The lowest BCUT2D eigenvalue weighted by molar-refractivity contribution is 0.326. The highest BCUT2D eigenvalue weighted by Crippen LogP contribution is 2.28. The number of anilines is 1. The van der Waals surface area contributed by atoms with Crippen LogP contribution in [0.2, 0.25) is 0 Å². The Hall–Kier alpha value is -1.03. The first kappa shape index (κ1) is 13.4. The summed E-state index contributed by atoms with van der Waals surface area (Å²) in [7, 11) is 0. The minimum Gasteiger partial charge on any atom is -0.478 e. The van der Waals surface area contributed by atoms with Crippen LogP contribution in [0, 0.1) is 5.92 Å². The fourth-order valence-corrected chi connectivity index (χ4v) is 2.64. The van der Waals surface area contributed by atoms with Gasteiger partial charge in [0.05, 0.1) is 6.61 Å². The van der Waals surface area contributed by atoms with Crippen molar-refractivity contribution in [2.24, 2.45) is 5.92 Å². The lowest BCUT2D eigenvalue weighted by Crippen LogP contribution is -2.27. The maximum absolute atomic E-state index is 6.32. The van der Waals surface area contributed by atoms with E-state index >= 15 is 0 Å². The SMILES string of the molecule is CCOc1ccnc(NCC2CCCCC2Cl)n1. The second kappa shape index (κ2) is 6.78. The second-order valence-corrected chi connectivity index (χ2v) is 5.15. The number of alkyl halides is 1. The molecule has 1 heterocycles. The normalized spacial score (nSPS) is 23.7. The van der Waals surface area contributed by atoms with E-state index in [-0.39, 0.29) is 5.38 Å². The minimum atomic E-state index is 0.279. The summed E-state index contributed by atoms with van der Waals surface area (Å²) in [6.07, 6.45) is 6.54. The van der Waals surface area contributed by atoms with Crippen LogP contribution < -0.4 is 10.1 Å². The molecule has 1 aromatic heterocycles. The molecule has 1 saturated carbocycles. The third-order valence-electron chi connectivity index (χ3n) is 3.26. The lowest BCUT2D eigenvalue weighted by atomic mass is 9.89. The highest BCUT2D eigenvalue weighted by atomic mass is 35.5. The zero-order valence-electron chi connectivity index (χ0n) is 10.7. The van der Waals surface area contributed by atoms with E-state index in [1.54, 1.807) is 12.3 Å². The molecular weight excluding hydrogens is 250 g/mol. The molecule has 0 aromatic carbocycles. The topological polar surface area (TPSA) is 47.0 Å². The van der Waals surface area contributed by atoms with E-state index in [0.29, 0.717) is 24.4 Å². The standard InChI is InChI=1S/C13H20ClN3O/c1-2-18-12-7-8-15-13(17-12)16-9-10-5-3-4-6-11(10)14/h7-8,10-11H,2-6,9H2,1H3,(H,15,16,17). The molecule has 1 fully saturated rings. The molecule has 18 heavy (non-hydrogen) atoms. The van der Waals surface area contributed by atoms with Gasteiger partial charge in [0, 0.05) is 24.2 Å². The van der Waals surface area contributed by atoms with E-state index in [1.165, 1.54) is 19.3 Å². The summed E-state index contributed by atoms with van der Waals surface area (Å²) in [5.74, 6) is 1.75. The summed E-state index contributed by atoms with van der Waals surface area (Å²) in [5, 5.41) is 3.54. The fraction of sp³-hybridized carbons (Fsp3) is 0.692. The van der Waals surface area contributed by atoms with Crippen molar-refractivity contribution in [3.05, 3.63) is 12.3 Å². The van der Waals surface area contributed by atoms with Crippen LogP contribution in [0.15, 0.2) is 12.3 Å². The van der Waals surface area contributed by atoms with Crippen molar-refractivity contribution < 1.29 is 4.74 Å². The highest BCUT2D eigenvalue weighted by molar-refractivity contribution is 6.20. The average molecular weight is 270 g/mol. The molecule has 100 valence electrons. The van der Waals surface area contributed by atoms with Gasteiger partial charge in [0.25, 0.3) is 0 Å². The maximum atomic E-state index is 6.32. The molecular formula is C13H20ClN3O. The van der Waals surface area contributed by atoms with Gasteiger partial charge in [-0.15, -0.1) is 11.6 Å². The Balaban J connectivity index is 1.87. The highest BCUT2D eigenvalue weighted by Gasteiger charge is 2.22. The van der Waals surface area contributed by atoms with Crippen LogP contribution in [0.5, 0.6) is 5.88 Å². The number of hydrogen-bond acceptors (Lipinski definition) is 4. The van der Waals surface area contributed by atoms with Crippen LogP contribution in [-0.2, 0) is 0 Å². The Morgan fingerprint density at radius 2 is 2.28 bits per heavy atom. The van der Waals surface area contributed by atoms with E-state index in [9.17, 15) is 0 Å². The minimum absolute atomic E-state index is 0.279. The molecule has 1 aromatic rings. The van der Waals surface area contributed by atoms with Crippen LogP contribution in [0.1, 0.15) is 32.6 Å². The molecule has 1 aliphatic rings. The zero-order valence-corrected chi connectivity index (χ0v) is 11.5. The molecule has 2 atom stereocenters. The number of aromatic nitrogens is 2. The Kier molecular flexibility index (Phi) is 5.05. The Labute approximate surface area is 113 Å². The van der Waals surface area contributed by atoms with E-state index < -0.39 is 0 Å². The molecule has 0 radical (unpaired) electrons. The van der Waals surface area contributed by atoms with Gasteiger partial charge in [0.1, 0.15) is 0 Å². The summed E-state index contributed by atoms with van der Waals surface area (Å²) in [4.78, 5) is 8.47. The van der Waals surface area contributed by atoms with Gasteiger partial charge in [-0.2, -0.15) is 4.98 Å². The molecule has 5 heteroatoms. The van der Waals surface area contributed by atoms with Gasteiger partial charge in [0.2, 0.25) is 11.8 Å². The van der Waals surface area contributed by atoms with Crippen molar-refractivity contribution >= 4 is 17.5 Å². The van der Waals surface area contributed by atoms with Crippen LogP contribution >= 0.6 is 11.6 Å². The average Bonchev–Trinajstić information content (AvgIpc) is 2.39. The van der Waals surface area contributed by atoms with Crippen molar-refractivity contribution in [1.82, 2.24) is 9.97 Å². The van der Waals surface area contributed by atoms with Gasteiger partial charge < -0.3 is 10.1 Å². The molecule has 1 aliphatic carbocycles. The predicted molar refractivity (Wildman–Crippen MR) is 73.3 cm³/mol. The molecule has 0 amide bonds. The Morgan fingerprint density at radius 3 is 3.06 bits per heavy atom. The van der Waals surface area contributed by atoms with Crippen molar-refractivity contribution in [3.8, 4) is 5.88 Å². The monoisotopic (exact) mass is 269 g/mol. The molecule has 0 saturated heterocycles. The van der Waals surface area contributed by atoms with Crippen LogP contribution in [0.25, 0.3) is 0 Å². The Morgan fingerprint density at radius 1 is 1.44 bits per heavy atom. The molecule has 0 aliphatic heterocycles. The Bertz CT molecular complexity index is 375. The maximum Gasteiger partial charge on any atom is 0.225 e. The van der Waals surface area contributed by atoms with Crippen molar-refractivity contribution in [2.75, 3.05) is 18.5 Å². The first-order valence-corrected chi connectivity index (χ1v) is 7.07. The van der Waals surface area contributed by atoms with E-state index in [1.807, 2.05) is 6.92 Å². The first-order valence-electron chi connectivity index (χ1n) is 6.63. The molecule has 4 nitrogen and oxygen atoms in total. The summed E-state index contributed by atoms with van der Waals surface area (Å²) >= 11 is 6.32. The van der Waals surface area contributed by atoms with Gasteiger partial charge in [-0.3, -0.25) is 0 Å². The summed E-state index contributed by atoms with van der Waals surface area (Å²) in [6.45, 7) is 3.39. The van der Waals surface area contributed by atoms with Gasteiger partial charge in [-0.05, 0) is 25.7 Å². The number of ether oxygens (including phenoxy) is 1. The zero-order chi connectivity index (χ0) is 12.8. The molecule has 2 unspecified atom stereocenters. The van der Waals surface area contributed by atoms with Crippen LogP contribution in [0.4, 0.5) is 5.95 Å². The summed E-state index contributed by atoms with van der Waals surface area (Å²) < 4.78 is 5.34. The summed E-state index contributed by atoms with van der Waals surface area (Å²) in [5.41, 5.74) is 0. The van der Waals surface area contributed by atoms with Gasteiger partial charge in [-0.25, -0.2) is 4.98 Å². The van der Waals surface area contributed by atoms with Crippen LogP contribution in [-0.4, -0.2) is 28.5 Å². The third-order valence-corrected chi connectivity index (χ3v) is 3.84. The molecule has 0 spiro atoms. The summed E-state index contributed by atoms with van der Waals surface area (Å²) in [6, 6.07) is 1.76. The van der Waals surface area contributed by atoms with E-state index in [4.69, 9.17) is 16.3 Å². The van der Waals surface area contributed by atoms with E-state index in [0.717, 1.165) is 13.0 Å². The van der Waals surface area contributed by atoms with Gasteiger partial charge in [-0.1, -0.05) is 12.8 Å². The first-order chi connectivity index (χ1) is 8.79. The number of nitrogens with one attached hydrogen (secondary N) is 1. The van der Waals surface area contributed by atoms with E-state index in [2.05, 4.69) is 15.3 Å². The third kappa shape index (κ3) is 3.73.